The maximum Gasteiger partial charge on any atom is 0.338 e. The van der Waals surface area contributed by atoms with E-state index in [0.717, 1.165) is 0 Å². The molecule has 13 atom stereocenters. The minimum atomic E-state index is -2.18. The number of ketones is 1. The number of aliphatic hydroxyl groups excluding tert-OH is 5. The van der Waals surface area contributed by atoms with Crippen molar-refractivity contribution in [1.82, 2.24) is 0 Å². The second-order valence-electron chi connectivity index (χ2n) is 14.5. The second-order valence-corrected chi connectivity index (χ2v) is 14.5. The number of carbonyl (C=O) groups is 3. The summed E-state index contributed by atoms with van der Waals surface area (Å²) in [6.07, 6.45) is -14.2. The first kappa shape index (κ1) is 35.1. The lowest BCUT2D eigenvalue weighted by molar-refractivity contribution is -0.366. The van der Waals surface area contributed by atoms with E-state index in [2.05, 4.69) is 0 Å². The van der Waals surface area contributed by atoms with Gasteiger partial charge in [-0.05, 0) is 37.1 Å². The van der Waals surface area contributed by atoms with Crippen molar-refractivity contribution in [1.29, 1.82) is 0 Å². The van der Waals surface area contributed by atoms with Gasteiger partial charge >= 0.3 is 11.9 Å². The van der Waals surface area contributed by atoms with Crippen LogP contribution < -0.4 is 0 Å². The molecule has 2 bridgehead atoms. The molecule has 14 heteroatoms. The van der Waals surface area contributed by atoms with E-state index in [9.17, 15) is 40.2 Å². The minimum absolute atomic E-state index is 0.0361. The smallest absolute Gasteiger partial charge is 0.338 e. The third-order valence-corrected chi connectivity index (χ3v) is 11.7. The van der Waals surface area contributed by atoms with E-state index < -0.39 is 107 Å². The number of hydrogen-bond acceptors (Lipinski definition) is 14. The Bertz CT molecular complexity index is 1490. The van der Waals surface area contributed by atoms with Crippen molar-refractivity contribution in [2.24, 2.45) is 16.7 Å². The summed E-state index contributed by atoms with van der Waals surface area (Å²) < 4.78 is 30.0. The molecule has 0 spiro atoms. The van der Waals surface area contributed by atoms with Gasteiger partial charge in [-0.15, -0.1) is 0 Å². The van der Waals surface area contributed by atoms with Crippen LogP contribution in [0.4, 0.5) is 0 Å². The minimum Gasteiger partial charge on any atom is -0.455 e. The Labute approximate surface area is 277 Å². The van der Waals surface area contributed by atoms with Crippen molar-refractivity contribution in [3.63, 3.8) is 0 Å². The maximum absolute atomic E-state index is 15.0. The largest absolute Gasteiger partial charge is 0.455 e. The molecular formula is C34H44O14. The van der Waals surface area contributed by atoms with Gasteiger partial charge in [0.1, 0.15) is 42.2 Å². The highest BCUT2D eigenvalue weighted by Crippen LogP contribution is 2.64. The summed E-state index contributed by atoms with van der Waals surface area (Å²) in [5, 5.41) is 67.5. The van der Waals surface area contributed by atoms with Crippen molar-refractivity contribution in [3.05, 3.63) is 47.0 Å². The van der Waals surface area contributed by atoms with Gasteiger partial charge in [-0.3, -0.25) is 9.59 Å². The van der Waals surface area contributed by atoms with Gasteiger partial charge in [-0.2, -0.15) is 0 Å². The molecule has 6 rings (SSSR count). The van der Waals surface area contributed by atoms with Gasteiger partial charge in [0, 0.05) is 25.2 Å². The van der Waals surface area contributed by atoms with Gasteiger partial charge in [0.05, 0.1) is 42.3 Å². The van der Waals surface area contributed by atoms with Gasteiger partial charge < -0.3 is 54.3 Å². The molecule has 1 aromatic rings. The van der Waals surface area contributed by atoms with E-state index in [-0.39, 0.29) is 36.2 Å². The molecule has 0 radical (unpaired) electrons. The Kier molecular flexibility index (Phi) is 8.71. The number of Topliss-reactive ketones (excluding diaryl/α,β-unsaturated/α-hetero) is 1. The topological polar surface area (TPSA) is 219 Å². The summed E-state index contributed by atoms with van der Waals surface area (Å²) in [4.78, 5) is 41.7. The number of esters is 2. The predicted octanol–water partition coefficient (Wildman–Crippen LogP) is -0.455. The van der Waals surface area contributed by atoms with Crippen LogP contribution in [0.1, 0.15) is 57.8 Å². The van der Waals surface area contributed by atoms with Crippen molar-refractivity contribution in [3.8, 4) is 0 Å². The van der Waals surface area contributed by atoms with Gasteiger partial charge in [-0.1, -0.05) is 32.0 Å². The van der Waals surface area contributed by atoms with Gasteiger partial charge in [0.15, 0.2) is 17.7 Å². The van der Waals surface area contributed by atoms with Crippen molar-refractivity contribution >= 4 is 17.7 Å². The molecule has 3 aliphatic carbocycles. The second kappa shape index (κ2) is 11.9. The average molecular weight is 677 g/mol. The molecule has 0 aromatic heterocycles. The molecule has 6 N–H and O–H groups in total. The third-order valence-electron chi connectivity index (χ3n) is 11.7. The van der Waals surface area contributed by atoms with E-state index in [1.807, 2.05) is 0 Å². The first-order valence-electron chi connectivity index (χ1n) is 16.1. The predicted molar refractivity (Wildman–Crippen MR) is 162 cm³/mol. The number of fused-ring (bicyclic) bond motifs is 5. The maximum atomic E-state index is 15.0. The molecule has 0 amide bonds. The molecule has 2 saturated carbocycles. The number of ether oxygens (including phenoxy) is 5. The van der Waals surface area contributed by atoms with E-state index >= 15 is 4.79 Å². The zero-order chi connectivity index (χ0) is 35.1. The SMILES string of the molecule is CC(=O)OC12COC1CC(O[C@@H]1OC[C@@H](O)[C@@H](O)[C@H]1O)C1(C)C(=O)C(O)C3=C(C)C(O)CC(O)(C(OC(=O)c4ccccc4)C21)C3(C)C. The molecule has 48 heavy (non-hydrogen) atoms. The van der Waals surface area contributed by atoms with Crippen LogP contribution in [0.3, 0.4) is 0 Å². The molecule has 1 aromatic carbocycles. The average Bonchev–Trinajstić information content (AvgIpc) is 3.02. The summed E-state index contributed by atoms with van der Waals surface area (Å²) in [6, 6.07) is 7.95. The van der Waals surface area contributed by atoms with Crippen LogP contribution in [0.2, 0.25) is 0 Å². The van der Waals surface area contributed by atoms with Crippen LogP contribution in [0.5, 0.6) is 0 Å². The van der Waals surface area contributed by atoms with E-state index in [1.54, 1.807) is 39.0 Å². The van der Waals surface area contributed by atoms with Gasteiger partial charge in [0.2, 0.25) is 0 Å². The zero-order valence-electron chi connectivity index (χ0n) is 27.4. The van der Waals surface area contributed by atoms with Gasteiger partial charge in [0.25, 0.3) is 0 Å². The first-order chi connectivity index (χ1) is 22.4. The Hall–Kier alpha value is -2.79. The normalized spacial score (nSPS) is 45.1. The Morgan fingerprint density at radius 3 is 2.25 bits per heavy atom. The monoisotopic (exact) mass is 676 g/mol. The molecular weight excluding hydrogens is 632 g/mol. The molecule has 2 heterocycles. The summed E-state index contributed by atoms with van der Waals surface area (Å²) in [6.45, 7) is 6.67. The lowest BCUT2D eigenvalue weighted by Crippen LogP contribution is -2.82. The van der Waals surface area contributed by atoms with Crippen molar-refractivity contribution in [2.75, 3.05) is 13.2 Å². The third kappa shape index (κ3) is 4.91. The van der Waals surface area contributed by atoms with Crippen LogP contribution >= 0.6 is 0 Å². The fraction of sp³-hybridized carbons (Fsp3) is 0.676. The van der Waals surface area contributed by atoms with E-state index in [4.69, 9.17) is 23.7 Å². The van der Waals surface area contributed by atoms with Crippen molar-refractivity contribution in [2.45, 2.75) is 114 Å². The molecule has 2 aliphatic heterocycles. The molecule has 4 fully saturated rings. The highest BCUT2D eigenvalue weighted by atomic mass is 16.7. The fourth-order valence-corrected chi connectivity index (χ4v) is 8.90. The molecule has 2 saturated heterocycles. The van der Waals surface area contributed by atoms with Crippen LogP contribution in [-0.2, 0) is 33.3 Å². The molecule has 5 aliphatic rings. The van der Waals surface area contributed by atoms with Crippen molar-refractivity contribution < 1.29 is 68.7 Å². The summed E-state index contributed by atoms with van der Waals surface area (Å²) in [5.74, 6) is -3.93. The molecule has 14 nitrogen and oxygen atoms in total. The first-order valence-corrected chi connectivity index (χ1v) is 16.1. The van der Waals surface area contributed by atoms with Crippen LogP contribution in [0, 0.1) is 16.7 Å². The number of aliphatic hydroxyl groups is 6. The number of hydrogen-bond donors (Lipinski definition) is 6. The fourth-order valence-electron chi connectivity index (χ4n) is 8.90. The van der Waals surface area contributed by atoms with E-state index in [0.29, 0.717) is 0 Å². The summed E-state index contributed by atoms with van der Waals surface area (Å²) in [5.41, 5.74) is -6.93. The number of rotatable bonds is 5. The summed E-state index contributed by atoms with van der Waals surface area (Å²) >= 11 is 0. The summed E-state index contributed by atoms with van der Waals surface area (Å²) in [7, 11) is 0. The Balaban J connectivity index is 1.59. The van der Waals surface area contributed by atoms with Gasteiger partial charge in [-0.25, -0.2) is 4.79 Å². The highest BCUT2D eigenvalue weighted by molar-refractivity contribution is 5.94. The number of benzene rings is 1. The van der Waals surface area contributed by atoms with Crippen LogP contribution in [-0.4, -0.2) is 128 Å². The molecule has 264 valence electrons. The highest BCUT2D eigenvalue weighted by Gasteiger charge is 2.78. The lowest BCUT2D eigenvalue weighted by atomic mass is 9.44. The standard InChI is InChI=1S/C34H44O14/c1-15-18(36)12-34(43)28(47-29(42)17-9-7-6-8-10-17)26-32(5,27(41)24(39)22(15)31(34,3)4)20(11-21-33(26,14-45-21)48-16(2)35)46-30-25(40)23(38)19(37)13-44-30/h6-10,18-21,23-26,28,30,36-40,43H,11-14H2,1-5H3/t18?,19-,20?,21?,23-,24?,25-,26?,28?,30+,32?,33?,34?/m1/s1. The van der Waals surface area contributed by atoms with E-state index in [1.165, 1.54) is 26.0 Å². The molecule has 9 unspecified atom stereocenters. The van der Waals surface area contributed by atoms with Crippen LogP contribution in [0.25, 0.3) is 0 Å². The number of carbonyl (C=O) groups excluding carboxylic acids is 3. The lowest BCUT2D eigenvalue weighted by Gasteiger charge is -2.68. The van der Waals surface area contributed by atoms with Crippen LogP contribution in [0.15, 0.2) is 41.5 Å². The zero-order valence-corrected chi connectivity index (χ0v) is 27.4. The Morgan fingerprint density at radius 1 is 0.979 bits per heavy atom. The quantitative estimate of drug-likeness (QED) is 0.172. The Morgan fingerprint density at radius 2 is 1.65 bits per heavy atom.